The van der Waals surface area contributed by atoms with Crippen molar-refractivity contribution in [3.8, 4) is 0 Å². The molecule has 0 unspecified atom stereocenters. The van der Waals surface area contributed by atoms with Crippen molar-refractivity contribution in [3.05, 3.63) is 53.3 Å². The van der Waals surface area contributed by atoms with E-state index < -0.39 is 0 Å². The fourth-order valence-corrected chi connectivity index (χ4v) is 2.09. The molecule has 1 amide bonds. The topological polar surface area (TPSA) is 85.4 Å². The summed E-state index contributed by atoms with van der Waals surface area (Å²) >= 11 is 0. The average Bonchev–Trinajstić information content (AvgIpc) is 3.10. The fraction of sp³-hybridized carbons (Fsp3) is 0.353. The summed E-state index contributed by atoms with van der Waals surface area (Å²) in [5.41, 5.74) is 2.72. The molecule has 3 N–H and O–H groups in total. The molecule has 7 heteroatoms. The third kappa shape index (κ3) is 5.12. The van der Waals surface area contributed by atoms with Crippen molar-refractivity contribution in [1.82, 2.24) is 25.7 Å². The average molecular weight is 328 g/mol. The van der Waals surface area contributed by atoms with Crippen LogP contribution in [0.15, 0.2) is 41.5 Å². The van der Waals surface area contributed by atoms with Gasteiger partial charge in [0.1, 0.15) is 0 Å². The monoisotopic (exact) mass is 328 g/mol. The van der Waals surface area contributed by atoms with Crippen molar-refractivity contribution < 1.29 is 4.79 Å². The number of carbonyl (C=O) groups excluding carboxylic acids is 1. The van der Waals surface area contributed by atoms with Crippen molar-refractivity contribution in [1.29, 1.82) is 0 Å². The molecular weight excluding hydrogens is 304 g/mol. The maximum Gasteiger partial charge on any atom is 0.253 e. The Hall–Kier alpha value is -2.83. The van der Waals surface area contributed by atoms with Crippen LogP contribution < -0.4 is 10.6 Å². The third-order valence-electron chi connectivity index (χ3n) is 3.38. The molecule has 0 saturated heterocycles. The molecule has 1 aromatic heterocycles. The zero-order valence-corrected chi connectivity index (χ0v) is 14.3. The SMILES string of the molecule is CCNC(=NCc1ccc(C(=O)N(C)C)cc1)NCc1ccn[nH]1. The van der Waals surface area contributed by atoms with E-state index >= 15 is 0 Å². The van der Waals surface area contributed by atoms with Gasteiger partial charge < -0.3 is 15.5 Å². The molecule has 2 rings (SSSR count). The van der Waals surface area contributed by atoms with Crippen molar-refractivity contribution in [2.45, 2.75) is 20.0 Å². The zero-order chi connectivity index (χ0) is 17.4. The third-order valence-corrected chi connectivity index (χ3v) is 3.38. The molecule has 2 aromatic rings. The number of benzene rings is 1. The van der Waals surface area contributed by atoms with Crippen LogP contribution in [0.3, 0.4) is 0 Å². The largest absolute Gasteiger partial charge is 0.357 e. The van der Waals surface area contributed by atoms with E-state index in [0.717, 1.165) is 23.8 Å². The highest BCUT2D eigenvalue weighted by molar-refractivity contribution is 5.93. The predicted molar refractivity (Wildman–Crippen MR) is 94.7 cm³/mol. The number of hydrogen-bond donors (Lipinski definition) is 3. The first-order valence-corrected chi connectivity index (χ1v) is 7.91. The first kappa shape index (κ1) is 17.5. The van der Waals surface area contributed by atoms with E-state index in [0.29, 0.717) is 18.7 Å². The Labute approximate surface area is 142 Å². The van der Waals surface area contributed by atoms with E-state index in [-0.39, 0.29) is 5.91 Å². The number of nitrogens with zero attached hydrogens (tertiary/aromatic N) is 3. The number of H-pyrrole nitrogens is 1. The smallest absolute Gasteiger partial charge is 0.253 e. The Kier molecular flexibility index (Phi) is 6.36. The fourth-order valence-electron chi connectivity index (χ4n) is 2.09. The molecule has 128 valence electrons. The quantitative estimate of drug-likeness (QED) is 0.552. The summed E-state index contributed by atoms with van der Waals surface area (Å²) in [6, 6.07) is 9.44. The second kappa shape index (κ2) is 8.71. The summed E-state index contributed by atoms with van der Waals surface area (Å²) in [5.74, 6) is 0.736. The molecule has 1 heterocycles. The minimum absolute atomic E-state index is 0.000357. The Morgan fingerprint density at radius 1 is 1.21 bits per heavy atom. The summed E-state index contributed by atoms with van der Waals surface area (Å²) in [4.78, 5) is 18.0. The molecule has 0 atom stereocenters. The molecule has 24 heavy (non-hydrogen) atoms. The highest BCUT2D eigenvalue weighted by atomic mass is 16.2. The lowest BCUT2D eigenvalue weighted by molar-refractivity contribution is 0.0827. The van der Waals surface area contributed by atoms with Crippen molar-refractivity contribution in [2.24, 2.45) is 4.99 Å². The molecule has 0 spiro atoms. The maximum atomic E-state index is 11.9. The lowest BCUT2D eigenvalue weighted by Gasteiger charge is -2.11. The van der Waals surface area contributed by atoms with Gasteiger partial charge in [-0.3, -0.25) is 9.89 Å². The number of aliphatic imine (C=N–C) groups is 1. The van der Waals surface area contributed by atoms with Gasteiger partial charge in [0.25, 0.3) is 5.91 Å². The molecule has 0 bridgehead atoms. The van der Waals surface area contributed by atoms with E-state index in [1.54, 1.807) is 25.2 Å². The van der Waals surface area contributed by atoms with E-state index in [1.165, 1.54) is 0 Å². The van der Waals surface area contributed by atoms with Crippen LogP contribution in [0.4, 0.5) is 0 Å². The molecule has 7 nitrogen and oxygen atoms in total. The van der Waals surface area contributed by atoms with Crippen LogP contribution in [-0.4, -0.2) is 47.6 Å². The number of nitrogens with one attached hydrogen (secondary N) is 3. The predicted octanol–water partition coefficient (Wildman–Crippen LogP) is 1.37. The first-order valence-electron chi connectivity index (χ1n) is 7.91. The van der Waals surface area contributed by atoms with Crippen molar-refractivity contribution in [2.75, 3.05) is 20.6 Å². The van der Waals surface area contributed by atoms with E-state index in [9.17, 15) is 4.79 Å². The molecule has 0 fully saturated rings. The highest BCUT2D eigenvalue weighted by Gasteiger charge is 2.07. The lowest BCUT2D eigenvalue weighted by atomic mass is 10.1. The van der Waals surface area contributed by atoms with E-state index in [1.807, 2.05) is 37.3 Å². The van der Waals surface area contributed by atoms with Crippen LogP contribution in [0.5, 0.6) is 0 Å². The Morgan fingerprint density at radius 3 is 2.54 bits per heavy atom. The summed E-state index contributed by atoms with van der Waals surface area (Å²) in [5, 5.41) is 13.3. The number of guanidine groups is 1. The summed E-state index contributed by atoms with van der Waals surface area (Å²) < 4.78 is 0. The first-order chi connectivity index (χ1) is 11.6. The maximum absolute atomic E-state index is 11.9. The lowest BCUT2D eigenvalue weighted by Crippen LogP contribution is -2.36. The van der Waals surface area contributed by atoms with Gasteiger partial charge in [0.2, 0.25) is 0 Å². The van der Waals surface area contributed by atoms with E-state index in [4.69, 9.17) is 0 Å². The van der Waals surface area contributed by atoms with Gasteiger partial charge in [-0.25, -0.2) is 4.99 Å². The Balaban J connectivity index is 1.96. The van der Waals surface area contributed by atoms with Gasteiger partial charge in [-0.2, -0.15) is 5.10 Å². The molecular formula is C17H24N6O. The van der Waals surface area contributed by atoms with Gasteiger partial charge in [-0.1, -0.05) is 12.1 Å². The molecule has 1 aromatic carbocycles. The summed E-state index contributed by atoms with van der Waals surface area (Å²) in [7, 11) is 3.49. The molecule has 0 aliphatic heterocycles. The standard InChI is InChI=1S/C17H24N6O/c1-4-18-17(20-12-15-9-10-21-22-15)19-11-13-5-7-14(8-6-13)16(24)23(2)3/h5-10H,4,11-12H2,1-3H3,(H,21,22)(H2,18,19,20). The minimum Gasteiger partial charge on any atom is -0.357 e. The van der Waals surface area contributed by atoms with Crippen molar-refractivity contribution >= 4 is 11.9 Å². The van der Waals surface area contributed by atoms with Crippen LogP contribution in [0.2, 0.25) is 0 Å². The molecule has 0 aliphatic carbocycles. The number of hydrogen-bond acceptors (Lipinski definition) is 3. The molecule has 0 saturated carbocycles. The van der Waals surface area contributed by atoms with Crippen LogP contribution in [-0.2, 0) is 13.1 Å². The number of amides is 1. The van der Waals surface area contributed by atoms with Crippen LogP contribution in [0, 0.1) is 0 Å². The number of carbonyl (C=O) groups is 1. The van der Waals surface area contributed by atoms with Crippen LogP contribution in [0.1, 0.15) is 28.5 Å². The highest BCUT2D eigenvalue weighted by Crippen LogP contribution is 2.07. The minimum atomic E-state index is -0.000357. The Bertz CT molecular complexity index is 661. The van der Waals surface area contributed by atoms with Gasteiger partial charge in [-0.15, -0.1) is 0 Å². The second-order valence-electron chi connectivity index (χ2n) is 5.53. The zero-order valence-electron chi connectivity index (χ0n) is 14.3. The van der Waals surface area contributed by atoms with Gasteiger partial charge in [0, 0.05) is 32.4 Å². The van der Waals surface area contributed by atoms with Crippen molar-refractivity contribution in [3.63, 3.8) is 0 Å². The Morgan fingerprint density at radius 2 is 1.96 bits per heavy atom. The summed E-state index contributed by atoms with van der Waals surface area (Å²) in [6.07, 6.45) is 1.72. The molecule has 0 aliphatic rings. The molecule has 0 radical (unpaired) electrons. The van der Waals surface area contributed by atoms with Crippen LogP contribution in [0.25, 0.3) is 0 Å². The van der Waals surface area contributed by atoms with Gasteiger partial charge in [0.05, 0.1) is 18.8 Å². The van der Waals surface area contributed by atoms with Gasteiger partial charge in [0.15, 0.2) is 5.96 Å². The normalized spacial score (nSPS) is 11.2. The second-order valence-corrected chi connectivity index (χ2v) is 5.53. The number of aromatic amines is 1. The number of rotatable bonds is 6. The van der Waals surface area contributed by atoms with Crippen LogP contribution >= 0.6 is 0 Å². The van der Waals surface area contributed by atoms with E-state index in [2.05, 4.69) is 25.8 Å². The number of aromatic nitrogens is 2. The van der Waals surface area contributed by atoms with Gasteiger partial charge in [-0.05, 0) is 30.7 Å². The van der Waals surface area contributed by atoms with Gasteiger partial charge >= 0.3 is 0 Å². The summed E-state index contributed by atoms with van der Waals surface area (Å²) in [6.45, 7) is 3.97.